The Balaban J connectivity index is 1.51. The molecule has 2 aromatic rings. The van der Waals surface area contributed by atoms with Crippen LogP contribution in [-0.2, 0) is 16.0 Å². The number of hydrogen-bond acceptors (Lipinski definition) is 4. The van der Waals surface area contributed by atoms with Crippen molar-refractivity contribution < 1.29 is 14.3 Å². The maximum atomic E-state index is 12.6. The molecule has 24 heavy (non-hydrogen) atoms. The van der Waals surface area contributed by atoms with Gasteiger partial charge < -0.3 is 10.1 Å². The molecule has 1 amide bonds. The smallest absolute Gasteiger partial charge is 0.339 e. The molecule has 0 unspecified atom stereocenters. The summed E-state index contributed by atoms with van der Waals surface area (Å²) in [5, 5.41) is 3.07. The predicted molar refractivity (Wildman–Crippen MR) is 92.0 cm³/mol. The summed E-state index contributed by atoms with van der Waals surface area (Å²) in [7, 11) is 0. The summed E-state index contributed by atoms with van der Waals surface area (Å²) in [5.74, 6) is 0.330. The molecular weight excluding hydrogens is 322 g/mol. The van der Waals surface area contributed by atoms with E-state index < -0.39 is 12.1 Å². The van der Waals surface area contributed by atoms with Crippen LogP contribution >= 0.6 is 11.8 Å². The minimum atomic E-state index is -0.755. The average molecular weight is 339 g/mol. The Hall–Kier alpha value is -2.27. The van der Waals surface area contributed by atoms with Crippen molar-refractivity contribution in [3.8, 4) is 0 Å². The van der Waals surface area contributed by atoms with Crippen molar-refractivity contribution in [2.75, 3.05) is 5.75 Å². The second kappa shape index (κ2) is 6.32. The van der Waals surface area contributed by atoms with E-state index in [0.29, 0.717) is 12.0 Å². The van der Waals surface area contributed by atoms with Crippen LogP contribution in [0, 0.1) is 0 Å². The lowest BCUT2D eigenvalue weighted by atomic mass is 9.97. The van der Waals surface area contributed by atoms with Crippen molar-refractivity contribution in [2.24, 2.45) is 0 Å². The zero-order chi connectivity index (χ0) is 16.5. The van der Waals surface area contributed by atoms with Crippen LogP contribution in [0.1, 0.15) is 33.9 Å². The Morgan fingerprint density at radius 3 is 2.83 bits per heavy atom. The first-order chi connectivity index (χ1) is 11.7. The van der Waals surface area contributed by atoms with Gasteiger partial charge in [-0.25, -0.2) is 4.79 Å². The van der Waals surface area contributed by atoms with Gasteiger partial charge in [-0.15, -0.1) is 11.8 Å². The molecule has 0 fully saturated rings. The van der Waals surface area contributed by atoms with Gasteiger partial charge in [-0.2, -0.15) is 0 Å². The number of rotatable bonds is 2. The third-order valence-electron chi connectivity index (χ3n) is 4.46. The van der Waals surface area contributed by atoms with Crippen molar-refractivity contribution in [1.82, 2.24) is 5.32 Å². The van der Waals surface area contributed by atoms with E-state index in [1.807, 2.05) is 36.0 Å². The fourth-order valence-corrected chi connectivity index (χ4v) is 4.36. The normalized spacial score (nSPS) is 22.1. The number of carbonyl (C=O) groups excluding carboxylic acids is 2. The van der Waals surface area contributed by atoms with E-state index in [0.717, 1.165) is 23.3 Å². The molecule has 2 aliphatic heterocycles. The Morgan fingerprint density at radius 2 is 1.92 bits per heavy atom. The molecule has 0 aliphatic carbocycles. The molecule has 1 N–H and O–H groups in total. The van der Waals surface area contributed by atoms with Crippen molar-refractivity contribution in [1.29, 1.82) is 0 Å². The van der Waals surface area contributed by atoms with Crippen molar-refractivity contribution in [3.05, 3.63) is 65.2 Å². The van der Waals surface area contributed by atoms with Gasteiger partial charge in [-0.1, -0.05) is 36.4 Å². The quantitative estimate of drug-likeness (QED) is 0.854. The zero-order valence-electron chi connectivity index (χ0n) is 13.0. The zero-order valence-corrected chi connectivity index (χ0v) is 13.8. The topological polar surface area (TPSA) is 55.4 Å². The molecule has 0 aromatic heterocycles. The van der Waals surface area contributed by atoms with E-state index in [9.17, 15) is 9.59 Å². The van der Waals surface area contributed by atoms with Gasteiger partial charge in [0.25, 0.3) is 5.91 Å². The van der Waals surface area contributed by atoms with Crippen LogP contribution in [-0.4, -0.2) is 23.7 Å². The lowest BCUT2D eigenvalue weighted by Gasteiger charge is -2.29. The lowest BCUT2D eigenvalue weighted by molar-refractivity contribution is -0.131. The van der Waals surface area contributed by atoms with Gasteiger partial charge in [-0.3, -0.25) is 4.79 Å². The second-order valence-electron chi connectivity index (χ2n) is 5.99. The first-order valence-electron chi connectivity index (χ1n) is 8.03. The summed E-state index contributed by atoms with van der Waals surface area (Å²) >= 11 is 1.81. The van der Waals surface area contributed by atoms with Gasteiger partial charge in [-0.05, 0) is 29.7 Å². The number of thioether (sulfide) groups is 1. The number of ether oxygens (including phenoxy) is 1. The van der Waals surface area contributed by atoms with Crippen LogP contribution < -0.4 is 5.32 Å². The maximum absolute atomic E-state index is 12.6. The lowest BCUT2D eigenvalue weighted by Crippen LogP contribution is -2.43. The summed E-state index contributed by atoms with van der Waals surface area (Å²) in [4.78, 5) is 25.9. The van der Waals surface area contributed by atoms with Crippen molar-refractivity contribution in [2.45, 2.75) is 29.9 Å². The molecule has 2 aliphatic rings. The molecule has 4 nitrogen and oxygen atoms in total. The van der Waals surface area contributed by atoms with Crippen LogP contribution in [0.15, 0.2) is 53.4 Å². The summed E-state index contributed by atoms with van der Waals surface area (Å²) in [5.41, 5.74) is 2.57. The van der Waals surface area contributed by atoms with Crippen LogP contribution in [0.4, 0.5) is 0 Å². The fraction of sp³-hybridized carbons (Fsp3) is 0.263. The summed E-state index contributed by atoms with van der Waals surface area (Å²) < 4.78 is 5.35. The molecule has 5 heteroatoms. The highest BCUT2D eigenvalue weighted by Gasteiger charge is 2.33. The number of amides is 1. The first kappa shape index (κ1) is 15.3. The summed E-state index contributed by atoms with van der Waals surface area (Å²) in [6.07, 6.45) is 0.552. The maximum Gasteiger partial charge on any atom is 0.339 e. The number of carbonyl (C=O) groups is 2. The second-order valence-corrected chi connectivity index (χ2v) is 7.13. The van der Waals surface area contributed by atoms with E-state index in [2.05, 4.69) is 17.4 Å². The van der Waals surface area contributed by atoms with Crippen LogP contribution in [0.5, 0.6) is 0 Å². The van der Waals surface area contributed by atoms with Gasteiger partial charge in [0.15, 0.2) is 6.10 Å². The van der Waals surface area contributed by atoms with E-state index in [1.54, 1.807) is 12.1 Å². The molecule has 0 spiro atoms. The minimum absolute atomic E-state index is 0.0224. The molecule has 2 aromatic carbocycles. The molecule has 4 rings (SSSR count). The number of benzene rings is 2. The monoisotopic (exact) mass is 339 g/mol. The van der Waals surface area contributed by atoms with Gasteiger partial charge >= 0.3 is 5.97 Å². The minimum Gasteiger partial charge on any atom is -0.448 e. The van der Waals surface area contributed by atoms with E-state index >= 15 is 0 Å². The van der Waals surface area contributed by atoms with E-state index in [1.165, 1.54) is 4.90 Å². The first-order valence-corrected chi connectivity index (χ1v) is 9.02. The Labute approximate surface area is 144 Å². The molecule has 2 atom stereocenters. The van der Waals surface area contributed by atoms with Crippen molar-refractivity contribution in [3.63, 3.8) is 0 Å². The van der Waals surface area contributed by atoms with Gasteiger partial charge in [0.2, 0.25) is 0 Å². The number of nitrogens with one attached hydrogen (secondary N) is 1. The molecular formula is C19H17NO3S. The molecule has 122 valence electrons. The molecule has 0 radical (unpaired) electrons. The molecule has 0 saturated heterocycles. The Morgan fingerprint density at radius 1 is 1.12 bits per heavy atom. The number of esters is 1. The average Bonchev–Trinajstić information content (AvgIpc) is 2.62. The van der Waals surface area contributed by atoms with Gasteiger partial charge in [0.1, 0.15) is 0 Å². The van der Waals surface area contributed by atoms with Crippen molar-refractivity contribution >= 4 is 23.6 Å². The third-order valence-corrected chi connectivity index (χ3v) is 5.58. The highest BCUT2D eigenvalue weighted by atomic mass is 32.2. The number of cyclic esters (lactones) is 1. The fourth-order valence-electron chi connectivity index (χ4n) is 3.23. The SMILES string of the molecule is O=C1O[C@@H](C(=O)N[C@H]2CCSc3ccccc32)Cc2ccccc21. The standard InChI is InChI=1S/C19H17NO3S/c21-18(16-11-12-5-1-2-6-13(12)19(22)23-16)20-15-9-10-24-17-8-4-3-7-14(15)17/h1-8,15-16H,9-11H2,(H,20,21)/t15-,16+/m0/s1. The van der Waals surface area contributed by atoms with E-state index in [-0.39, 0.29) is 11.9 Å². The summed E-state index contributed by atoms with van der Waals surface area (Å²) in [6, 6.07) is 15.4. The predicted octanol–water partition coefficient (Wildman–Crippen LogP) is 3.12. The van der Waals surface area contributed by atoms with Crippen LogP contribution in [0.2, 0.25) is 0 Å². The Bertz CT molecular complexity index is 805. The highest BCUT2D eigenvalue weighted by molar-refractivity contribution is 7.99. The number of hydrogen-bond donors (Lipinski definition) is 1. The molecule has 2 heterocycles. The van der Waals surface area contributed by atoms with E-state index in [4.69, 9.17) is 4.74 Å². The van der Waals surface area contributed by atoms with Gasteiger partial charge in [0, 0.05) is 17.1 Å². The highest BCUT2D eigenvalue weighted by Crippen LogP contribution is 2.36. The molecule has 0 saturated carbocycles. The molecule has 0 bridgehead atoms. The Kier molecular flexibility index (Phi) is 4.02. The van der Waals surface area contributed by atoms with Crippen LogP contribution in [0.25, 0.3) is 0 Å². The van der Waals surface area contributed by atoms with Crippen LogP contribution in [0.3, 0.4) is 0 Å². The third kappa shape index (κ3) is 2.80. The van der Waals surface area contributed by atoms with Gasteiger partial charge in [0.05, 0.1) is 11.6 Å². The summed E-state index contributed by atoms with van der Waals surface area (Å²) in [6.45, 7) is 0. The number of fused-ring (bicyclic) bond motifs is 2. The largest absolute Gasteiger partial charge is 0.448 e.